The van der Waals surface area contributed by atoms with Gasteiger partial charge in [0.25, 0.3) is 0 Å². The van der Waals surface area contributed by atoms with E-state index in [2.05, 4.69) is 5.32 Å². The average Bonchev–Trinajstić information content (AvgIpc) is 2.45. The lowest BCUT2D eigenvalue weighted by Crippen LogP contribution is -2.02. The van der Waals surface area contributed by atoms with Gasteiger partial charge in [-0.1, -0.05) is 17.7 Å². The predicted molar refractivity (Wildman–Crippen MR) is 78.4 cm³/mol. The molecular formula is C14H12ClFN2O3. The molecule has 2 aromatic rings. The second-order valence-corrected chi connectivity index (χ2v) is 4.68. The zero-order valence-electron chi connectivity index (χ0n) is 11.1. The fourth-order valence-corrected chi connectivity index (χ4v) is 2.00. The van der Waals surface area contributed by atoms with Gasteiger partial charge in [-0.3, -0.25) is 10.1 Å². The van der Waals surface area contributed by atoms with E-state index >= 15 is 0 Å². The maximum Gasteiger partial charge on any atom is 0.304 e. The molecule has 7 heteroatoms. The second kappa shape index (κ2) is 6.41. The first kappa shape index (κ1) is 15.1. The number of benzene rings is 2. The number of anilines is 1. The summed E-state index contributed by atoms with van der Waals surface area (Å²) >= 11 is 5.91. The van der Waals surface area contributed by atoms with E-state index in [4.69, 9.17) is 16.3 Å². The van der Waals surface area contributed by atoms with E-state index < -0.39 is 16.4 Å². The zero-order chi connectivity index (χ0) is 15.4. The molecule has 2 aromatic carbocycles. The predicted octanol–water partition coefficient (Wildman–Crippen LogP) is 4.01. The number of nitrogens with zero attached hydrogens (tertiary/aromatic N) is 1. The third-order valence-electron chi connectivity index (χ3n) is 2.85. The molecule has 0 aliphatic heterocycles. The van der Waals surface area contributed by atoms with Crippen molar-refractivity contribution in [3.05, 3.63) is 62.9 Å². The minimum atomic E-state index is -0.864. The molecule has 0 aliphatic carbocycles. The molecule has 0 radical (unpaired) electrons. The third kappa shape index (κ3) is 3.61. The summed E-state index contributed by atoms with van der Waals surface area (Å²) < 4.78 is 18.7. The first-order valence-electron chi connectivity index (χ1n) is 6.01. The summed E-state index contributed by atoms with van der Waals surface area (Å²) in [6.45, 7) is 0.283. The van der Waals surface area contributed by atoms with Crippen molar-refractivity contribution in [3.8, 4) is 5.75 Å². The number of nitrogens with one attached hydrogen (secondary N) is 1. The van der Waals surface area contributed by atoms with Gasteiger partial charge in [-0.2, -0.15) is 4.39 Å². The number of nitro groups is 1. The Balaban J connectivity index is 2.15. The van der Waals surface area contributed by atoms with Crippen LogP contribution >= 0.6 is 11.6 Å². The highest BCUT2D eigenvalue weighted by Gasteiger charge is 2.13. The van der Waals surface area contributed by atoms with Crippen molar-refractivity contribution >= 4 is 23.0 Å². The Morgan fingerprint density at radius 1 is 1.33 bits per heavy atom. The lowest BCUT2D eigenvalue weighted by Gasteiger charge is -2.11. The highest BCUT2D eigenvalue weighted by atomic mass is 35.5. The number of nitro benzene ring substituents is 1. The number of methoxy groups -OCH3 is 1. The van der Waals surface area contributed by atoms with Gasteiger partial charge in [-0.15, -0.1) is 0 Å². The van der Waals surface area contributed by atoms with Gasteiger partial charge in [-0.05, 0) is 29.8 Å². The Morgan fingerprint density at radius 3 is 2.71 bits per heavy atom. The van der Waals surface area contributed by atoms with Gasteiger partial charge in [0.05, 0.1) is 17.7 Å². The molecule has 0 bridgehead atoms. The molecule has 0 amide bonds. The van der Waals surface area contributed by atoms with Crippen molar-refractivity contribution in [1.82, 2.24) is 0 Å². The Labute approximate surface area is 125 Å². The SMILES string of the molecule is COc1ccc(Cl)cc1NCc1ccc([N+](=O)[O-])c(F)c1. The number of hydrogen-bond donors (Lipinski definition) is 1. The van der Waals surface area contributed by atoms with Crippen LogP contribution in [0.2, 0.25) is 5.02 Å². The molecule has 5 nitrogen and oxygen atoms in total. The van der Waals surface area contributed by atoms with Crippen LogP contribution in [0.4, 0.5) is 15.8 Å². The highest BCUT2D eigenvalue weighted by molar-refractivity contribution is 6.30. The van der Waals surface area contributed by atoms with Crippen LogP contribution in [0.3, 0.4) is 0 Å². The van der Waals surface area contributed by atoms with E-state index in [0.717, 1.165) is 12.1 Å². The van der Waals surface area contributed by atoms with Crippen molar-refractivity contribution in [3.63, 3.8) is 0 Å². The van der Waals surface area contributed by atoms with Crippen LogP contribution in [0.25, 0.3) is 0 Å². The van der Waals surface area contributed by atoms with Crippen molar-refractivity contribution < 1.29 is 14.1 Å². The largest absolute Gasteiger partial charge is 0.495 e. The van der Waals surface area contributed by atoms with Gasteiger partial charge in [0, 0.05) is 17.6 Å². The minimum Gasteiger partial charge on any atom is -0.495 e. The lowest BCUT2D eigenvalue weighted by molar-refractivity contribution is -0.387. The smallest absolute Gasteiger partial charge is 0.304 e. The maximum atomic E-state index is 13.5. The van der Waals surface area contributed by atoms with Gasteiger partial charge in [0.1, 0.15) is 5.75 Å². The molecule has 1 N–H and O–H groups in total. The van der Waals surface area contributed by atoms with Gasteiger partial charge in [0.2, 0.25) is 5.82 Å². The quantitative estimate of drug-likeness (QED) is 0.669. The molecule has 0 spiro atoms. The highest BCUT2D eigenvalue weighted by Crippen LogP contribution is 2.28. The molecule has 2 rings (SSSR count). The maximum absolute atomic E-state index is 13.5. The van der Waals surface area contributed by atoms with Crippen LogP contribution in [0.5, 0.6) is 5.75 Å². The molecule has 21 heavy (non-hydrogen) atoms. The summed E-state index contributed by atoms with van der Waals surface area (Å²) in [4.78, 5) is 9.79. The summed E-state index contributed by atoms with van der Waals surface area (Å²) in [6.07, 6.45) is 0. The van der Waals surface area contributed by atoms with E-state index in [-0.39, 0.29) is 6.54 Å². The van der Waals surface area contributed by atoms with Crippen LogP contribution in [0.15, 0.2) is 36.4 Å². The van der Waals surface area contributed by atoms with Crippen LogP contribution < -0.4 is 10.1 Å². The zero-order valence-corrected chi connectivity index (χ0v) is 11.9. The summed E-state index contributed by atoms with van der Waals surface area (Å²) in [5.74, 6) is -0.265. The summed E-state index contributed by atoms with van der Waals surface area (Å²) in [5, 5.41) is 14.1. The van der Waals surface area contributed by atoms with E-state index in [1.54, 1.807) is 18.2 Å². The van der Waals surface area contributed by atoms with Crippen LogP contribution in [0.1, 0.15) is 5.56 Å². The van der Waals surface area contributed by atoms with Gasteiger partial charge in [0.15, 0.2) is 0 Å². The summed E-state index contributed by atoms with van der Waals surface area (Å²) in [6, 6.07) is 8.84. The molecule has 110 valence electrons. The van der Waals surface area contributed by atoms with Crippen molar-refractivity contribution in [2.75, 3.05) is 12.4 Å². The molecule has 0 saturated carbocycles. The molecule has 0 atom stereocenters. The van der Waals surface area contributed by atoms with Gasteiger partial charge < -0.3 is 10.1 Å². The monoisotopic (exact) mass is 310 g/mol. The van der Waals surface area contributed by atoms with Crippen LogP contribution in [-0.2, 0) is 6.54 Å². The fraction of sp³-hybridized carbons (Fsp3) is 0.143. The Hall–Kier alpha value is -2.34. The van der Waals surface area contributed by atoms with Crippen molar-refractivity contribution in [2.24, 2.45) is 0 Å². The summed E-state index contributed by atoms with van der Waals surface area (Å²) in [7, 11) is 1.53. The van der Waals surface area contributed by atoms with Crippen LogP contribution in [0, 0.1) is 15.9 Å². The Kier molecular flexibility index (Phi) is 4.59. The fourth-order valence-electron chi connectivity index (χ4n) is 1.82. The molecule has 0 heterocycles. The first-order valence-corrected chi connectivity index (χ1v) is 6.39. The number of halogens is 2. The standard InChI is InChI=1S/C14H12ClFN2O3/c1-21-14-5-3-10(15)7-12(14)17-8-9-2-4-13(18(19)20)11(16)6-9/h2-7,17H,8H2,1H3. The van der Waals surface area contributed by atoms with E-state index in [9.17, 15) is 14.5 Å². The summed E-state index contributed by atoms with van der Waals surface area (Å²) in [5.41, 5.74) is 0.683. The normalized spacial score (nSPS) is 10.2. The minimum absolute atomic E-state index is 0.283. The molecule has 0 fully saturated rings. The van der Waals surface area contributed by atoms with Gasteiger partial charge in [-0.25, -0.2) is 0 Å². The number of rotatable bonds is 5. The Bertz CT molecular complexity index is 679. The molecule has 0 aromatic heterocycles. The topological polar surface area (TPSA) is 64.4 Å². The van der Waals surface area contributed by atoms with Gasteiger partial charge >= 0.3 is 5.69 Å². The average molecular weight is 311 g/mol. The van der Waals surface area contributed by atoms with Crippen LogP contribution in [-0.4, -0.2) is 12.0 Å². The lowest BCUT2D eigenvalue weighted by atomic mass is 10.2. The van der Waals surface area contributed by atoms with E-state index in [1.165, 1.54) is 13.2 Å². The second-order valence-electron chi connectivity index (χ2n) is 4.24. The van der Waals surface area contributed by atoms with E-state index in [0.29, 0.717) is 22.0 Å². The molecule has 0 saturated heterocycles. The molecule has 0 aliphatic rings. The Morgan fingerprint density at radius 2 is 2.10 bits per heavy atom. The van der Waals surface area contributed by atoms with Crippen molar-refractivity contribution in [1.29, 1.82) is 0 Å². The molecular weight excluding hydrogens is 299 g/mol. The molecule has 0 unspecified atom stereocenters. The number of hydrogen-bond acceptors (Lipinski definition) is 4. The third-order valence-corrected chi connectivity index (χ3v) is 3.09. The van der Waals surface area contributed by atoms with E-state index in [1.807, 2.05) is 0 Å². The first-order chi connectivity index (χ1) is 10.0. The number of ether oxygens (including phenoxy) is 1. The van der Waals surface area contributed by atoms with Crippen molar-refractivity contribution in [2.45, 2.75) is 6.54 Å².